The maximum Gasteiger partial charge on any atom is 0.263 e. The van der Waals surface area contributed by atoms with E-state index in [0.29, 0.717) is 0 Å². The Morgan fingerprint density at radius 2 is 1.62 bits per heavy atom. The lowest BCUT2D eigenvalue weighted by molar-refractivity contribution is -0.138. The van der Waals surface area contributed by atoms with Crippen LogP contribution in [0.1, 0.15) is 18.1 Å². The van der Waals surface area contributed by atoms with E-state index >= 15 is 0 Å². The first-order valence-electron chi connectivity index (χ1n) is 10.3. The fraction of sp³-hybridized carbons (Fsp3) is 0.320. The minimum atomic E-state index is -0.497. The van der Waals surface area contributed by atoms with Crippen molar-refractivity contribution < 1.29 is 9.53 Å². The molecule has 1 fully saturated rings. The number of amides is 1. The van der Waals surface area contributed by atoms with Gasteiger partial charge in [0.15, 0.2) is 6.10 Å². The molecule has 4 nitrogen and oxygen atoms in total. The van der Waals surface area contributed by atoms with Crippen LogP contribution < -0.4 is 9.64 Å². The number of aryl methyl sites for hydroxylation is 1. The highest BCUT2D eigenvalue weighted by Gasteiger charge is 2.26. The molecule has 3 aromatic carbocycles. The number of carbonyl (C=O) groups excluding carboxylic acids is 1. The maximum absolute atomic E-state index is 12.9. The predicted molar refractivity (Wildman–Crippen MR) is 119 cm³/mol. The van der Waals surface area contributed by atoms with Gasteiger partial charge in [-0.2, -0.15) is 0 Å². The van der Waals surface area contributed by atoms with Gasteiger partial charge in [0.25, 0.3) is 5.91 Å². The standard InChI is InChI=1S/C25H28N2O2/c1-18-7-6-10-24(19(18)2)26-13-15-27(16-14-26)25(28)20(3)29-23-12-11-21-8-4-5-9-22(21)17-23/h4-12,17,20H,13-16H2,1-3H3. The molecule has 0 aliphatic carbocycles. The van der Waals surface area contributed by atoms with Gasteiger partial charge in [-0.3, -0.25) is 4.79 Å². The summed E-state index contributed by atoms with van der Waals surface area (Å²) >= 11 is 0. The molecule has 1 heterocycles. The van der Waals surface area contributed by atoms with Crippen LogP contribution in [-0.4, -0.2) is 43.1 Å². The summed E-state index contributed by atoms with van der Waals surface area (Å²) in [5, 5.41) is 2.29. The topological polar surface area (TPSA) is 32.8 Å². The van der Waals surface area contributed by atoms with Crippen molar-refractivity contribution in [1.29, 1.82) is 0 Å². The molecule has 0 spiro atoms. The van der Waals surface area contributed by atoms with Crippen molar-refractivity contribution in [1.82, 2.24) is 4.90 Å². The minimum Gasteiger partial charge on any atom is -0.481 e. The minimum absolute atomic E-state index is 0.0544. The Hall–Kier alpha value is -3.01. The zero-order valence-electron chi connectivity index (χ0n) is 17.4. The van der Waals surface area contributed by atoms with Crippen LogP contribution in [0.2, 0.25) is 0 Å². The van der Waals surface area contributed by atoms with Gasteiger partial charge in [0.05, 0.1) is 0 Å². The average molecular weight is 389 g/mol. The van der Waals surface area contributed by atoms with E-state index in [1.807, 2.05) is 42.2 Å². The fourth-order valence-electron chi connectivity index (χ4n) is 4.00. The molecule has 4 heteroatoms. The van der Waals surface area contributed by atoms with Gasteiger partial charge < -0.3 is 14.5 Å². The third-order valence-corrected chi connectivity index (χ3v) is 5.89. The van der Waals surface area contributed by atoms with Gasteiger partial charge in [-0.1, -0.05) is 42.5 Å². The Balaban J connectivity index is 1.37. The number of fused-ring (bicyclic) bond motifs is 1. The Morgan fingerprint density at radius 1 is 0.897 bits per heavy atom. The lowest BCUT2D eigenvalue weighted by atomic mass is 10.1. The lowest BCUT2D eigenvalue weighted by Gasteiger charge is -2.38. The number of piperazine rings is 1. The molecular formula is C25H28N2O2. The molecule has 0 aromatic heterocycles. The first-order valence-corrected chi connectivity index (χ1v) is 10.3. The molecule has 0 bridgehead atoms. The van der Waals surface area contributed by atoms with Crippen LogP contribution >= 0.6 is 0 Å². The summed E-state index contributed by atoms with van der Waals surface area (Å²) in [5.41, 5.74) is 3.90. The van der Waals surface area contributed by atoms with Crippen molar-refractivity contribution in [3.8, 4) is 5.75 Å². The van der Waals surface area contributed by atoms with Crippen LogP contribution in [0, 0.1) is 13.8 Å². The Morgan fingerprint density at radius 3 is 2.38 bits per heavy atom. The molecular weight excluding hydrogens is 360 g/mol. The number of carbonyl (C=O) groups is 1. The molecule has 0 saturated carbocycles. The lowest BCUT2D eigenvalue weighted by Crippen LogP contribution is -2.52. The molecule has 4 rings (SSSR count). The van der Waals surface area contributed by atoms with Crippen molar-refractivity contribution >= 4 is 22.4 Å². The zero-order chi connectivity index (χ0) is 20.4. The summed E-state index contributed by atoms with van der Waals surface area (Å²) in [5.74, 6) is 0.789. The molecule has 1 saturated heterocycles. The van der Waals surface area contributed by atoms with E-state index in [4.69, 9.17) is 4.74 Å². The summed E-state index contributed by atoms with van der Waals surface area (Å²) in [6.07, 6.45) is -0.497. The highest BCUT2D eigenvalue weighted by Crippen LogP contribution is 2.25. The largest absolute Gasteiger partial charge is 0.481 e. The van der Waals surface area contributed by atoms with E-state index in [9.17, 15) is 4.79 Å². The second-order valence-electron chi connectivity index (χ2n) is 7.80. The van der Waals surface area contributed by atoms with Gasteiger partial charge in [0.2, 0.25) is 0 Å². The summed E-state index contributed by atoms with van der Waals surface area (Å²) in [6.45, 7) is 9.29. The van der Waals surface area contributed by atoms with Crippen LogP contribution in [0.3, 0.4) is 0 Å². The van der Waals surface area contributed by atoms with Crippen molar-refractivity contribution in [2.24, 2.45) is 0 Å². The number of benzene rings is 3. The number of rotatable bonds is 4. The number of ether oxygens (including phenoxy) is 1. The van der Waals surface area contributed by atoms with Gasteiger partial charge in [0.1, 0.15) is 5.75 Å². The van der Waals surface area contributed by atoms with Gasteiger partial charge in [-0.25, -0.2) is 0 Å². The average Bonchev–Trinajstić information content (AvgIpc) is 2.75. The highest BCUT2D eigenvalue weighted by atomic mass is 16.5. The zero-order valence-corrected chi connectivity index (χ0v) is 17.4. The second-order valence-corrected chi connectivity index (χ2v) is 7.80. The number of anilines is 1. The predicted octanol–water partition coefficient (Wildman–Crippen LogP) is 4.57. The molecule has 29 heavy (non-hydrogen) atoms. The molecule has 1 aliphatic rings. The van der Waals surface area contributed by atoms with Crippen molar-refractivity contribution in [3.05, 3.63) is 71.8 Å². The van der Waals surface area contributed by atoms with Crippen LogP contribution in [0.4, 0.5) is 5.69 Å². The van der Waals surface area contributed by atoms with Gasteiger partial charge >= 0.3 is 0 Å². The van der Waals surface area contributed by atoms with E-state index in [2.05, 4.69) is 49.1 Å². The Kier molecular flexibility index (Phi) is 5.43. The Labute approximate surface area is 172 Å². The SMILES string of the molecule is Cc1cccc(N2CCN(C(=O)C(C)Oc3ccc4ccccc4c3)CC2)c1C. The molecule has 0 radical (unpaired) electrons. The number of nitrogens with zero attached hydrogens (tertiary/aromatic N) is 2. The van der Waals surface area contributed by atoms with Crippen LogP contribution in [-0.2, 0) is 4.79 Å². The summed E-state index contributed by atoms with van der Waals surface area (Å²) < 4.78 is 5.98. The number of hydrogen-bond donors (Lipinski definition) is 0. The summed E-state index contributed by atoms with van der Waals surface area (Å²) in [7, 11) is 0. The molecule has 3 aromatic rings. The molecule has 1 atom stereocenters. The third kappa shape index (κ3) is 4.07. The fourth-order valence-corrected chi connectivity index (χ4v) is 4.00. The van der Waals surface area contributed by atoms with E-state index < -0.39 is 6.10 Å². The molecule has 150 valence electrons. The summed E-state index contributed by atoms with van der Waals surface area (Å²) in [4.78, 5) is 17.2. The first kappa shape index (κ1) is 19.3. The quantitative estimate of drug-likeness (QED) is 0.656. The normalized spacial score (nSPS) is 15.4. The van der Waals surface area contributed by atoms with Crippen LogP contribution in [0.25, 0.3) is 10.8 Å². The smallest absolute Gasteiger partial charge is 0.263 e. The van der Waals surface area contributed by atoms with Crippen molar-refractivity contribution in [2.75, 3.05) is 31.1 Å². The van der Waals surface area contributed by atoms with E-state index in [1.54, 1.807) is 0 Å². The number of hydrogen-bond acceptors (Lipinski definition) is 3. The van der Waals surface area contributed by atoms with E-state index in [-0.39, 0.29) is 5.91 Å². The third-order valence-electron chi connectivity index (χ3n) is 5.89. The van der Waals surface area contributed by atoms with Crippen molar-refractivity contribution in [3.63, 3.8) is 0 Å². The molecule has 1 amide bonds. The van der Waals surface area contributed by atoms with Crippen LogP contribution in [0.15, 0.2) is 60.7 Å². The first-order chi connectivity index (χ1) is 14.0. The maximum atomic E-state index is 12.9. The monoisotopic (exact) mass is 388 g/mol. The Bertz CT molecular complexity index is 1020. The van der Waals surface area contributed by atoms with Gasteiger partial charge in [0, 0.05) is 31.9 Å². The molecule has 1 unspecified atom stereocenters. The van der Waals surface area contributed by atoms with E-state index in [0.717, 1.165) is 37.3 Å². The van der Waals surface area contributed by atoms with Crippen LogP contribution in [0.5, 0.6) is 5.75 Å². The van der Waals surface area contributed by atoms with E-state index in [1.165, 1.54) is 22.2 Å². The van der Waals surface area contributed by atoms with Gasteiger partial charge in [-0.15, -0.1) is 0 Å². The van der Waals surface area contributed by atoms with Crippen molar-refractivity contribution in [2.45, 2.75) is 26.9 Å². The molecule has 1 aliphatic heterocycles. The molecule has 0 N–H and O–H groups in total. The van der Waals surface area contributed by atoms with Gasteiger partial charge in [-0.05, 0) is 60.9 Å². The summed E-state index contributed by atoms with van der Waals surface area (Å²) in [6, 6.07) is 20.5. The second kappa shape index (κ2) is 8.16. The highest BCUT2D eigenvalue weighted by molar-refractivity contribution is 5.84.